The van der Waals surface area contributed by atoms with E-state index in [2.05, 4.69) is 40.2 Å². The molecule has 49 heavy (non-hydrogen) atoms. The second-order valence-electron chi connectivity index (χ2n) is 9.82. The molecular formula is C30H40N4O15. The third-order valence-corrected chi connectivity index (χ3v) is 6.37. The van der Waals surface area contributed by atoms with Gasteiger partial charge in [0.25, 0.3) is 0 Å². The fourth-order valence-corrected chi connectivity index (χ4v) is 3.79. The van der Waals surface area contributed by atoms with Gasteiger partial charge in [-0.1, -0.05) is 30.3 Å². The van der Waals surface area contributed by atoms with Crippen LogP contribution in [0.3, 0.4) is 0 Å². The lowest BCUT2D eigenvalue weighted by atomic mass is 10.1. The van der Waals surface area contributed by atoms with Crippen LogP contribution in [0, 0.1) is 0 Å². The van der Waals surface area contributed by atoms with E-state index in [0.717, 1.165) is 28.4 Å². The number of esters is 5. The number of carbonyl (C=O) groups excluding carboxylic acids is 9. The van der Waals surface area contributed by atoms with Crippen LogP contribution in [0.1, 0.15) is 38.2 Å². The highest BCUT2D eigenvalue weighted by Crippen LogP contribution is 2.07. The van der Waals surface area contributed by atoms with Crippen LogP contribution < -0.4 is 21.3 Å². The van der Waals surface area contributed by atoms with E-state index in [0.29, 0.717) is 5.56 Å². The molecule has 19 heteroatoms. The maximum Gasteiger partial charge on any atom is 0.408 e. The molecule has 0 bridgehead atoms. The molecule has 0 spiro atoms. The number of benzene rings is 1. The molecule has 1 aromatic carbocycles. The third-order valence-electron chi connectivity index (χ3n) is 6.37. The highest BCUT2D eigenvalue weighted by molar-refractivity contribution is 5.98. The first-order chi connectivity index (χ1) is 23.3. The number of rotatable bonds is 19. The summed E-state index contributed by atoms with van der Waals surface area (Å²) in [4.78, 5) is 113. The van der Waals surface area contributed by atoms with E-state index in [1.165, 1.54) is 6.92 Å². The van der Waals surface area contributed by atoms with Gasteiger partial charge < -0.3 is 49.7 Å². The van der Waals surface area contributed by atoms with E-state index in [1.54, 1.807) is 30.3 Å². The Kier molecular flexibility index (Phi) is 18.5. The van der Waals surface area contributed by atoms with Crippen molar-refractivity contribution >= 4 is 53.7 Å². The highest BCUT2D eigenvalue weighted by atomic mass is 16.6. The van der Waals surface area contributed by atoms with Gasteiger partial charge in [0.05, 0.1) is 60.7 Å². The Morgan fingerprint density at radius 1 is 0.531 bits per heavy atom. The first-order valence-electron chi connectivity index (χ1n) is 14.6. The van der Waals surface area contributed by atoms with Crippen molar-refractivity contribution in [3.05, 3.63) is 35.9 Å². The quantitative estimate of drug-likeness (QED) is 0.0953. The molecule has 4 atom stereocenters. The zero-order valence-corrected chi connectivity index (χ0v) is 27.6. The molecule has 19 nitrogen and oxygen atoms in total. The van der Waals surface area contributed by atoms with Crippen LogP contribution >= 0.6 is 0 Å². The third kappa shape index (κ3) is 15.6. The van der Waals surface area contributed by atoms with Gasteiger partial charge >= 0.3 is 35.9 Å². The lowest BCUT2D eigenvalue weighted by Gasteiger charge is -2.25. The topological polar surface area (TPSA) is 257 Å². The van der Waals surface area contributed by atoms with Gasteiger partial charge in [-0.3, -0.25) is 33.6 Å². The first-order valence-corrected chi connectivity index (χ1v) is 14.6. The standard InChI is InChI=1S/C30H40N4O15/c1-6-48-29(42)21(15-25(38)47-5)33-27(40)19(13-23(36)45-3)31-26(39)18(12-22(35)44-2)32-28(41)20(14-24(37)46-4)34-30(43)49-16-17-10-8-7-9-11-17/h7-11,18-21H,6,12-16H2,1-5H3,(H,31,39)(H,32,41)(H,33,40)(H,34,43)/t18-,19+,20-,21-/m1/s1. The molecular weight excluding hydrogens is 656 g/mol. The average Bonchev–Trinajstić information content (AvgIpc) is 3.09. The molecule has 0 saturated heterocycles. The number of methoxy groups -OCH3 is 4. The van der Waals surface area contributed by atoms with Gasteiger partial charge in [0.1, 0.15) is 30.8 Å². The Labute approximate surface area is 281 Å². The van der Waals surface area contributed by atoms with Gasteiger partial charge in [-0.25, -0.2) is 9.59 Å². The lowest BCUT2D eigenvalue weighted by Crippen LogP contribution is -2.59. The molecule has 4 amide bonds. The van der Waals surface area contributed by atoms with Crippen LogP contribution in [0.25, 0.3) is 0 Å². The molecule has 0 aliphatic carbocycles. The van der Waals surface area contributed by atoms with Crippen molar-refractivity contribution in [2.45, 2.75) is 63.4 Å². The summed E-state index contributed by atoms with van der Waals surface area (Å²) in [5, 5.41) is 8.77. The summed E-state index contributed by atoms with van der Waals surface area (Å²) in [6.45, 7) is 1.18. The fraction of sp³-hybridized carbons (Fsp3) is 0.500. The predicted molar refractivity (Wildman–Crippen MR) is 163 cm³/mol. The van der Waals surface area contributed by atoms with Crippen molar-refractivity contribution in [1.82, 2.24) is 21.3 Å². The largest absolute Gasteiger partial charge is 0.469 e. The summed E-state index contributed by atoms with van der Waals surface area (Å²) in [5.74, 6) is -8.38. The van der Waals surface area contributed by atoms with Crippen LogP contribution in [0.15, 0.2) is 30.3 Å². The van der Waals surface area contributed by atoms with Gasteiger partial charge in [0.2, 0.25) is 17.7 Å². The molecule has 0 unspecified atom stereocenters. The van der Waals surface area contributed by atoms with E-state index in [4.69, 9.17) is 9.47 Å². The Hall–Kier alpha value is -5.75. The van der Waals surface area contributed by atoms with Crippen LogP contribution in [0.2, 0.25) is 0 Å². The highest BCUT2D eigenvalue weighted by Gasteiger charge is 2.35. The molecule has 0 heterocycles. The minimum atomic E-state index is -1.81. The van der Waals surface area contributed by atoms with Gasteiger partial charge in [-0.2, -0.15) is 0 Å². The predicted octanol–water partition coefficient (Wildman–Crippen LogP) is -1.45. The molecule has 0 aliphatic heterocycles. The summed E-state index contributed by atoms with van der Waals surface area (Å²) >= 11 is 0. The van der Waals surface area contributed by atoms with Crippen LogP contribution in [-0.2, 0) is 73.4 Å². The van der Waals surface area contributed by atoms with Gasteiger partial charge in [0.15, 0.2) is 0 Å². The second-order valence-corrected chi connectivity index (χ2v) is 9.82. The van der Waals surface area contributed by atoms with Crippen molar-refractivity contribution in [1.29, 1.82) is 0 Å². The lowest BCUT2D eigenvalue weighted by molar-refractivity contribution is -0.153. The molecule has 0 fully saturated rings. The van der Waals surface area contributed by atoms with E-state index in [1.807, 2.05) is 0 Å². The SMILES string of the molecule is CCOC(=O)[C@@H](CC(=O)OC)NC(=O)[C@H](CC(=O)OC)NC(=O)[C@@H](CC(=O)OC)NC(=O)[C@@H](CC(=O)OC)NC(=O)OCc1ccccc1. The maximum absolute atomic E-state index is 13.4. The molecule has 0 aliphatic rings. The summed E-state index contributed by atoms with van der Waals surface area (Å²) < 4.78 is 28.2. The van der Waals surface area contributed by atoms with Crippen LogP contribution in [0.4, 0.5) is 4.79 Å². The van der Waals surface area contributed by atoms with E-state index < -0.39 is 104 Å². The number of alkyl carbamates (subject to hydrolysis) is 1. The minimum absolute atomic E-state index is 0.111. The normalized spacial score (nSPS) is 12.7. The van der Waals surface area contributed by atoms with E-state index >= 15 is 0 Å². The Bertz CT molecular complexity index is 1340. The van der Waals surface area contributed by atoms with Gasteiger partial charge in [-0.05, 0) is 12.5 Å². The van der Waals surface area contributed by atoms with Crippen LogP contribution in [0.5, 0.6) is 0 Å². The first kappa shape index (κ1) is 41.3. The fourth-order valence-electron chi connectivity index (χ4n) is 3.79. The maximum atomic E-state index is 13.4. The summed E-state index contributed by atoms with van der Waals surface area (Å²) in [6, 6.07) is 1.63. The zero-order valence-electron chi connectivity index (χ0n) is 27.6. The van der Waals surface area contributed by atoms with E-state index in [9.17, 15) is 43.2 Å². The summed E-state index contributed by atoms with van der Waals surface area (Å²) in [5.41, 5.74) is 0.617. The number of carbonyl (C=O) groups is 9. The number of hydrogen-bond donors (Lipinski definition) is 4. The van der Waals surface area contributed by atoms with Crippen molar-refractivity contribution in [3.63, 3.8) is 0 Å². The Morgan fingerprint density at radius 3 is 1.29 bits per heavy atom. The molecule has 0 aromatic heterocycles. The Balaban J connectivity index is 3.25. The molecule has 270 valence electrons. The molecule has 1 aromatic rings. The van der Waals surface area contributed by atoms with Crippen LogP contribution in [-0.4, -0.2) is 113 Å². The van der Waals surface area contributed by atoms with Gasteiger partial charge in [-0.15, -0.1) is 0 Å². The van der Waals surface area contributed by atoms with Crippen molar-refractivity contribution in [2.75, 3.05) is 35.0 Å². The van der Waals surface area contributed by atoms with E-state index in [-0.39, 0.29) is 13.2 Å². The second kappa shape index (κ2) is 21.9. The minimum Gasteiger partial charge on any atom is -0.469 e. The van der Waals surface area contributed by atoms with Crippen molar-refractivity contribution in [2.24, 2.45) is 0 Å². The Morgan fingerprint density at radius 2 is 0.898 bits per heavy atom. The number of ether oxygens (including phenoxy) is 6. The molecule has 0 radical (unpaired) electrons. The molecule has 0 saturated carbocycles. The summed E-state index contributed by atoms with van der Waals surface area (Å²) in [7, 11) is 4.06. The zero-order chi connectivity index (χ0) is 36.9. The van der Waals surface area contributed by atoms with Gasteiger partial charge in [0, 0.05) is 0 Å². The summed E-state index contributed by atoms with van der Waals surface area (Å²) in [6.07, 6.45) is -4.13. The monoisotopic (exact) mass is 696 g/mol. The number of amides is 4. The number of hydrogen-bond acceptors (Lipinski definition) is 15. The average molecular weight is 697 g/mol. The molecule has 4 N–H and O–H groups in total. The smallest absolute Gasteiger partial charge is 0.408 e. The van der Waals surface area contributed by atoms with Crippen molar-refractivity contribution < 1.29 is 71.6 Å². The van der Waals surface area contributed by atoms with Crippen molar-refractivity contribution in [3.8, 4) is 0 Å². The number of nitrogens with one attached hydrogen (secondary N) is 4. The molecule has 1 rings (SSSR count).